The van der Waals surface area contributed by atoms with Crippen LogP contribution in [0.2, 0.25) is 0 Å². The summed E-state index contributed by atoms with van der Waals surface area (Å²) in [4.78, 5) is 11.3. The maximum Gasteiger partial charge on any atom is 0.251 e. The summed E-state index contributed by atoms with van der Waals surface area (Å²) >= 11 is 0. The number of hydrogen-bond donors (Lipinski definition) is 1. The van der Waals surface area contributed by atoms with Gasteiger partial charge in [-0.2, -0.15) is 0 Å². The predicted molar refractivity (Wildman–Crippen MR) is 63.2 cm³/mol. The Morgan fingerprint density at radius 2 is 2.00 bits per heavy atom. The Labute approximate surface area is 91.7 Å². The molecule has 1 heterocycles. The van der Waals surface area contributed by atoms with Crippen molar-refractivity contribution in [1.82, 2.24) is 5.32 Å². The lowest BCUT2D eigenvalue weighted by Crippen LogP contribution is -2.31. The van der Waals surface area contributed by atoms with Crippen molar-refractivity contribution in [3.63, 3.8) is 0 Å². The van der Waals surface area contributed by atoms with Gasteiger partial charge in [0.25, 0.3) is 5.91 Å². The molecule has 1 aromatic rings. The average Bonchev–Trinajstić information content (AvgIpc) is 2.19. The fourth-order valence-corrected chi connectivity index (χ4v) is 1.56. The van der Waals surface area contributed by atoms with Crippen molar-refractivity contribution >= 4 is 5.91 Å². The Balaban J connectivity index is 0.000000337. The van der Waals surface area contributed by atoms with Crippen molar-refractivity contribution in [3.05, 3.63) is 34.9 Å². The van der Waals surface area contributed by atoms with Crippen molar-refractivity contribution in [2.24, 2.45) is 0 Å². The third-order valence-electron chi connectivity index (χ3n) is 2.19. The quantitative estimate of drug-likeness (QED) is 0.693. The van der Waals surface area contributed by atoms with Crippen LogP contribution in [0.4, 0.5) is 0 Å². The minimum absolute atomic E-state index is 0.0660. The van der Waals surface area contributed by atoms with E-state index in [-0.39, 0.29) is 5.91 Å². The van der Waals surface area contributed by atoms with Crippen molar-refractivity contribution in [2.75, 3.05) is 6.54 Å². The van der Waals surface area contributed by atoms with Gasteiger partial charge < -0.3 is 5.32 Å². The average molecular weight is 205 g/mol. The molecule has 15 heavy (non-hydrogen) atoms. The predicted octanol–water partition coefficient (Wildman–Crippen LogP) is 2.70. The molecule has 0 atom stereocenters. The first-order valence-corrected chi connectivity index (χ1v) is 5.56. The van der Waals surface area contributed by atoms with E-state index in [4.69, 9.17) is 0 Å². The molecule has 0 unspecified atom stereocenters. The van der Waals surface area contributed by atoms with Crippen LogP contribution in [-0.4, -0.2) is 12.5 Å². The fourth-order valence-electron chi connectivity index (χ4n) is 1.56. The lowest BCUT2D eigenvalue weighted by atomic mass is 9.98. The van der Waals surface area contributed by atoms with Crippen LogP contribution in [0.25, 0.3) is 0 Å². The van der Waals surface area contributed by atoms with Gasteiger partial charge in [0, 0.05) is 12.1 Å². The maximum absolute atomic E-state index is 11.3. The van der Waals surface area contributed by atoms with Crippen LogP contribution in [0.5, 0.6) is 0 Å². The van der Waals surface area contributed by atoms with Crippen LogP contribution in [0.3, 0.4) is 0 Å². The molecule has 0 fully saturated rings. The van der Waals surface area contributed by atoms with Gasteiger partial charge in [0.1, 0.15) is 0 Å². The van der Waals surface area contributed by atoms with E-state index in [9.17, 15) is 4.79 Å². The standard InChI is InChI=1S/C10H11NO.C3H8/c1-7-2-3-9-8(6-7)4-5-11-10(9)12;1-3-2/h2-3,6H,4-5H2,1H3,(H,11,12);3H2,1-2H3. The van der Waals surface area contributed by atoms with Gasteiger partial charge in [0.05, 0.1) is 0 Å². The number of aryl methyl sites for hydroxylation is 1. The molecule has 0 aromatic heterocycles. The summed E-state index contributed by atoms with van der Waals surface area (Å²) in [5, 5.41) is 2.82. The molecule has 1 aliphatic heterocycles. The summed E-state index contributed by atoms with van der Waals surface area (Å²) in [5.74, 6) is 0.0660. The first-order chi connectivity index (χ1) is 7.19. The van der Waals surface area contributed by atoms with Crippen LogP contribution < -0.4 is 5.32 Å². The first-order valence-electron chi connectivity index (χ1n) is 5.56. The molecule has 1 N–H and O–H groups in total. The molecule has 1 aliphatic rings. The van der Waals surface area contributed by atoms with Gasteiger partial charge in [0.2, 0.25) is 0 Å². The zero-order valence-corrected chi connectivity index (χ0v) is 9.76. The molecule has 2 nitrogen and oxygen atoms in total. The number of carbonyl (C=O) groups excluding carboxylic acids is 1. The van der Waals surface area contributed by atoms with Crippen LogP contribution in [0.1, 0.15) is 41.8 Å². The van der Waals surface area contributed by atoms with Crippen LogP contribution in [-0.2, 0) is 6.42 Å². The third kappa shape index (κ3) is 3.08. The number of hydrogen-bond acceptors (Lipinski definition) is 1. The lowest BCUT2D eigenvalue weighted by Gasteiger charge is -2.16. The monoisotopic (exact) mass is 205 g/mol. The molecular weight excluding hydrogens is 186 g/mol. The Kier molecular flexibility index (Phi) is 4.35. The largest absolute Gasteiger partial charge is 0.352 e. The Bertz CT molecular complexity index is 344. The highest BCUT2D eigenvalue weighted by Crippen LogP contribution is 2.14. The van der Waals surface area contributed by atoms with E-state index in [1.807, 2.05) is 19.1 Å². The molecule has 2 heteroatoms. The smallest absolute Gasteiger partial charge is 0.251 e. The third-order valence-corrected chi connectivity index (χ3v) is 2.19. The molecule has 0 aliphatic carbocycles. The summed E-state index contributed by atoms with van der Waals surface area (Å²) in [7, 11) is 0. The SMILES string of the molecule is CCC.Cc1ccc2c(c1)CCNC2=O. The van der Waals surface area contributed by atoms with Crippen molar-refractivity contribution in [3.8, 4) is 0 Å². The second-order valence-corrected chi connectivity index (χ2v) is 3.87. The first kappa shape index (κ1) is 11.8. The van der Waals surface area contributed by atoms with E-state index in [0.717, 1.165) is 18.5 Å². The zero-order chi connectivity index (χ0) is 11.3. The van der Waals surface area contributed by atoms with Crippen LogP contribution in [0, 0.1) is 6.92 Å². The van der Waals surface area contributed by atoms with Gasteiger partial charge >= 0.3 is 0 Å². The van der Waals surface area contributed by atoms with E-state index in [0.29, 0.717) is 0 Å². The van der Waals surface area contributed by atoms with Crippen LogP contribution in [0.15, 0.2) is 18.2 Å². The normalized spacial score (nSPS) is 13.4. The lowest BCUT2D eigenvalue weighted by molar-refractivity contribution is 0.0946. The Morgan fingerprint density at radius 1 is 1.33 bits per heavy atom. The van der Waals surface area contributed by atoms with Gasteiger partial charge in [-0.1, -0.05) is 38.0 Å². The second kappa shape index (κ2) is 5.54. The second-order valence-electron chi connectivity index (χ2n) is 3.87. The fraction of sp³-hybridized carbons (Fsp3) is 0.462. The van der Waals surface area contributed by atoms with Gasteiger partial charge in [-0.05, 0) is 25.0 Å². The van der Waals surface area contributed by atoms with Crippen molar-refractivity contribution in [1.29, 1.82) is 0 Å². The Morgan fingerprint density at radius 3 is 2.67 bits per heavy atom. The zero-order valence-electron chi connectivity index (χ0n) is 9.76. The molecule has 1 aromatic carbocycles. The Hall–Kier alpha value is -1.31. The molecule has 0 saturated carbocycles. The van der Waals surface area contributed by atoms with E-state index >= 15 is 0 Å². The molecular formula is C13H19NO. The highest BCUT2D eigenvalue weighted by atomic mass is 16.1. The number of benzene rings is 1. The van der Waals surface area contributed by atoms with Gasteiger partial charge in [0.15, 0.2) is 0 Å². The number of nitrogens with one attached hydrogen (secondary N) is 1. The number of rotatable bonds is 0. The molecule has 82 valence electrons. The molecule has 0 spiro atoms. The topological polar surface area (TPSA) is 29.1 Å². The summed E-state index contributed by atoms with van der Waals surface area (Å²) in [5.41, 5.74) is 3.24. The highest BCUT2D eigenvalue weighted by molar-refractivity contribution is 5.96. The van der Waals surface area contributed by atoms with Crippen LogP contribution >= 0.6 is 0 Å². The van der Waals surface area contributed by atoms with Gasteiger partial charge in [-0.3, -0.25) is 4.79 Å². The molecule has 0 saturated heterocycles. The van der Waals surface area contributed by atoms with Crippen molar-refractivity contribution < 1.29 is 4.79 Å². The molecule has 1 amide bonds. The van der Waals surface area contributed by atoms with E-state index in [1.54, 1.807) is 0 Å². The highest BCUT2D eigenvalue weighted by Gasteiger charge is 2.15. The summed E-state index contributed by atoms with van der Waals surface area (Å²) in [6.45, 7) is 7.07. The molecule has 2 rings (SSSR count). The van der Waals surface area contributed by atoms with Crippen molar-refractivity contribution in [2.45, 2.75) is 33.6 Å². The molecule has 0 bridgehead atoms. The summed E-state index contributed by atoms with van der Waals surface area (Å²) in [6, 6.07) is 5.97. The minimum atomic E-state index is 0.0660. The van der Waals surface area contributed by atoms with E-state index < -0.39 is 0 Å². The van der Waals surface area contributed by atoms with E-state index in [2.05, 4.69) is 25.2 Å². The summed E-state index contributed by atoms with van der Waals surface area (Å²) < 4.78 is 0. The molecule has 0 radical (unpaired) electrons. The minimum Gasteiger partial charge on any atom is -0.352 e. The number of carbonyl (C=O) groups is 1. The van der Waals surface area contributed by atoms with E-state index in [1.165, 1.54) is 17.5 Å². The van der Waals surface area contributed by atoms with Gasteiger partial charge in [-0.15, -0.1) is 0 Å². The number of fused-ring (bicyclic) bond motifs is 1. The maximum atomic E-state index is 11.3. The summed E-state index contributed by atoms with van der Waals surface area (Å²) in [6.07, 6.45) is 2.21. The number of amides is 1. The van der Waals surface area contributed by atoms with Gasteiger partial charge in [-0.25, -0.2) is 0 Å².